The van der Waals surface area contributed by atoms with Crippen LogP contribution in [0.1, 0.15) is 29.6 Å². The monoisotopic (exact) mass is 291 g/mol. The second-order valence-corrected chi connectivity index (χ2v) is 4.22. The molecule has 0 aliphatic rings. The number of nitro benzene ring substituents is 1. The fourth-order valence-electron chi connectivity index (χ4n) is 1.64. The third-order valence-electron chi connectivity index (χ3n) is 2.70. The zero-order valence-electron chi connectivity index (χ0n) is 11.0. The first kappa shape index (κ1) is 16.1. The van der Waals surface area contributed by atoms with E-state index in [9.17, 15) is 19.7 Å². The Balaban J connectivity index is 2.77. The van der Waals surface area contributed by atoms with Gasteiger partial charge >= 0.3 is 5.97 Å². The minimum atomic E-state index is -1.22. The molecule has 0 saturated heterocycles. The molecule has 0 aliphatic carbocycles. The lowest BCUT2D eigenvalue weighted by atomic mass is 10.1. The Labute approximate surface area is 120 Å². The molecule has 1 aromatic carbocycles. The van der Waals surface area contributed by atoms with Crippen molar-refractivity contribution in [3.05, 3.63) is 39.9 Å². The zero-order chi connectivity index (χ0) is 15.8. The number of unbranched alkanes of at least 4 members (excludes halogenated alkanes) is 1. The standard InChI is InChI=1S/C13H13N3O5/c14-7-2-1-6-11(13(18)19)15-12(17)9-4-3-5-10(8-9)16(20)21/h3-5,8,11H,1-2,6H2,(H,15,17)(H,18,19)/t11-/m0/s1. The summed E-state index contributed by atoms with van der Waals surface area (Å²) < 4.78 is 0. The Bertz CT molecular complexity index is 594. The topological polar surface area (TPSA) is 133 Å². The smallest absolute Gasteiger partial charge is 0.326 e. The molecule has 0 unspecified atom stereocenters. The Kier molecular flexibility index (Phi) is 5.82. The SMILES string of the molecule is N#CCCC[C@H](NC(=O)c1cccc([N+](=O)[O-])c1)C(=O)O. The van der Waals surface area contributed by atoms with E-state index in [1.807, 2.05) is 6.07 Å². The molecule has 1 rings (SSSR count). The first-order chi connectivity index (χ1) is 9.95. The van der Waals surface area contributed by atoms with Crippen LogP contribution >= 0.6 is 0 Å². The predicted octanol–water partition coefficient (Wildman–Crippen LogP) is 1.47. The molecule has 0 heterocycles. The number of nitriles is 1. The highest BCUT2D eigenvalue weighted by atomic mass is 16.6. The molecular weight excluding hydrogens is 278 g/mol. The van der Waals surface area contributed by atoms with Gasteiger partial charge in [0.25, 0.3) is 11.6 Å². The van der Waals surface area contributed by atoms with Crippen molar-refractivity contribution in [1.29, 1.82) is 5.26 Å². The molecule has 1 atom stereocenters. The van der Waals surface area contributed by atoms with E-state index >= 15 is 0 Å². The van der Waals surface area contributed by atoms with Gasteiger partial charge in [0.15, 0.2) is 0 Å². The molecular formula is C13H13N3O5. The van der Waals surface area contributed by atoms with Crippen LogP contribution in [0, 0.1) is 21.4 Å². The summed E-state index contributed by atoms with van der Waals surface area (Å²) in [6.07, 6.45) is 0.642. The van der Waals surface area contributed by atoms with E-state index in [-0.39, 0.29) is 24.1 Å². The van der Waals surface area contributed by atoms with E-state index in [2.05, 4.69) is 5.32 Å². The van der Waals surface area contributed by atoms with Crippen molar-refractivity contribution >= 4 is 17.6 Å². The Morgan fingerprint density at radius 2 is 2.19 bits per heavy atom. The Morgan fingerprint density at radius 3 is 2.76 bits per heavy atom. The fraction of sp³-hybridized carbons (Fsp3) is 0.308. The van der Waals surface area contributed by atoms with Crippen LogP contribution in [0.2, 0.25) is 0 Å². The number of nitrogens with zero attached hydrogens (tertiary/aromatic N) is 2. The maximum Gasteiger partial charge on any atom is 0.326 e. The van der Waals surface area contributed by atoms with Gasteiger partial charge in [-0.1, -0.05) is 6.07 Å². The molecule has 8 nitrogen and oxygen atoms in total. The van der Waals surface area contributed by atoms with Gasteiger partial charge in [-0.2, -0.15) is 5.26 Å². The van der Waals surface area contributed by atoms with Gasteiger partial charge in [-0.3, -0.25) is 14.9 Å². The third-order valence-corrected chi connectivity index (χ3v) is 2.70. The minimum absolute atomic E-state index is 0.00994. The van der Waals surface area contributed by atoms with Crippen LogP contribution in [-0.4, -0.2) is 27.9 Å². The van der Waals surface area contributed by atoms with Crippen molar-refractivity contribution in [3.63, 3.8) is 0 Å². The lowest BCUT2D eigenvalue weighted by Gasteiger charge is -2.13. The molecule has 8 heteroatoms. The molecule has 21 heavy (non-hydrogen) atoms. The highest BCUT2D eigenvalue weighted by Gasteiger charge is 2.21. The first-order valence-electron chi connectivity index (χ1n) is 6.10. The summed E-state index contributed by atoms with van der Waals surface area (Å²) in [4.78, 5) is 32.9. The van der Waals surface area contributed by atoms with Crippen LogP contribution < -0.4 is 5.32 Å². The summed E-state index contributed by atoms with van der Waals surface area (Å²) in [5, 5.41) is 30.3. The van der Waals surface area contributed by atoms with E-state index in [4.69, 9.17) is 10.4 Å². The summed E-state index contributed by atoms with van der Waals surface area (Å²) in [6, 6.07) is 5.76. The van der Waals surface area contributed by atoms with Gasteiger partial charge in [0.1, 0.15) is 6.04 Å². The number of non-ortho nitro benzene ring substituents is 1. The zero-order valence-corrected chi connectivity index (χ0v) is 11.0. The number of carbonyl (C=O) groups excluding carboxylic acids is 1. The number of benzene rings is 1. The number of aliphatic carboxylic acids is 1. The molecule has 1 aromatic rings. The number of carboxylic acid groups (broad SMARTS) is 1. The Hall–Kier alpha value is -2.95. The number of nitrogens with one attached hydrogen (secondary N) is 1. The summed E-state index contributed by atoms with van der Waals surface area (Å²) in [7, 11) is 0. The van der Waals surface area contributed by atoms with Crippen LogP contribution in [-0.2, 0) is 4.79 Å². The van der Waals surface area contributed by atoms with E-state index in [0.29, 0.717) is 6.42 Å². The number of hydrogen-bond donors (Lipinski definition) is 2. The second-order valence-electron chi connectivity index (χ2n) is 4.22. The lowest BCUT2D eigenvalue weighted by Crippen LogP contribution is -2.40. The largest absolute Gasteiger partial charge is 0.480 e. The molecule has 0 radical (unpaired) electrons. The highest BCUT2D eigenvalue weighted by molar-refractivity contribution is 5.97. The molecule has 2 N–H and O–H groups in total. The number of rotatable bonds is 7. The molecule has 0 bridgehead atoms. The quantitative estimate of drug-likeness (QED) is 0.444. The third kappa shape index (κ3) is 4.91. The average Bonchev–Trinajstić information content (AvgIpc) is 2.46. The maximum absolute atomic E-state index is 11.9. The minimum Gasteiger partial charge on any atom is -0.480 e. The molecule has 0 aliphatic heterocycles. The van der Waals surface area contributed by atoms with Crippen molar-refractivity contribution in [2.24, 2.45) is 0 Å². The van der Waals surface area contributed by atoms with Gasteiger partial charge in [0, 0.05) is 24.1 Å². The van der Waals surface area contributed by atoms with Crippen molar-refractivity contribution in [2.75, 3.05) is 0 Å². The molecule has 0 spiro atoms. The van der Waals surface area contributed by atoms with Gasteiger partial charge in [-0.15, -0.1) is 0 Å². The number of carboxylic acids is 1. The summed E-state index contributed by atoms with van der Waals surface area (Å²) in [5.41, 5.74) is -0.241. The molecule has 1 amide bonds. The van der Waals surface area contributed by atoms with Crippen LogP contribution in [0.4, 0.5) is 5.69 Å². The van der Waals surface area contributed by atoms with Crippen LogP contribution in [0.5, 0.6) is 0 Å². The molecule has 110 valence electrons. The predicted molar refractivity (Wildman–Crippen MR) is 71.5 cm³/mol. The average molecular weight is 291 g/mol. The molecule has 0 fully saturated rings. The highest BCUT2D eigenvalue weighted by Crippen LogP contribution is 2.13. The number of nitro groups is 1. The maximum atomic E-state index is 11.9. The number of hydrogen-bond acceptors (Lipinski definition) is 5. The van der Waals surface area contributed by atoms with Crippen molar-refractivity contribution in [1.82, 2.24) is 5.32 Å². The van der Waals surface area contributed by atoms with Gasteiger partial charge in [-0.25, -0.2) is 4.79 Å². The van der Waals surface area contributed by atoms with Crippen molar-refractivity contribution < 1.29 is 19.6 Å². The van der Waals surface area contributed by atoms with Crippen molar-refractivity contribution in [3.8, 4) is 6.07 Å². The van der Waals surface area contributed by atoms with Crippen LogP contribution in [0.3, 0.4) is 0 Å². The van der Waals surface area contributed by atoms with Gasteiger partial charge in [0.05, 0.1) is 11.0 Å². The van der Waals surface area contributed by atoms with E-state index < -0.39 is 22.8 Å². The number of amides is 1. The number of carbonyl (C=O) groups is 2. The van der Waals surface area contributed by atoms with Crippen LogP contribution in [0.15, 0.2) is 24.3 Å². The van der Waals surface area contributed by atoms with Gasteiger partial charge in [0.2, 0.25) is 0 Å². The van der Waals surface area contributed by atoms with E-state index in [1.165, 1.54) is 18.2 Å². The normalized spacial score (nSPS) is 11.2. The van der Waals surface area contributed by atoms with Gasteiger partial charge in [-0.05, 0) is 18.9 Å². The van der Waals surface area contributed by atoms with E-state index in [0.717, 1.165) is 6.07 Å². The van der Waals surface area contributed by atoms with E-state index in [1.54, 1.807) is 0 Å². The van der Waals surface area contributed by atoms with Gasteiger partial charge < -0.3 is 10.4 Å². The van der Waals surface area contributed by atoms with Crippen LogP contribution in [0.25, 0.3) is 0 Å². The second kappa shape index (κ2) is 7.59. The summed E-state index contributed by atoms with van der Waals surface area (Å²) in [5.74, 6) is -1.92. The Morgan fingerprint density at radius 1 is 1.48 bits per heavy atom. The first-order valence-corrected chi connectivity index (χ1v) is 6.10. The summed E-state index contributed by atoms with van der Waals surface area (Å²) in [6.45, 7) is 0. The molecule has 0 aromatic heterocycles. The fourth-order valence-corrected chi connectivity index (χ4v) is 1.64. The van der Waals surface area contributed by atoms with Crippen molar-refractivity contribution in [2.45, 2.75) is 25.3 Å². The molecule has 0 saturated carbocycles. The lowest BCUT2D eigenvalue weighted by molar-refractivity contribution is -0.384. The summed E-state index contributed by atoms with van der Waals surface area (Å²) >= 11 is 0.